The maximum atomic E-state index is 4.18. The van der Waals surface area contributed by atoms with Crippen LogP contribution in [-0.2, 0) is 0 Å². The average molecular weight is 153 g/mol. The summed E-state index contributed by atoms with van der Waals surface area (Å²) in [6.45, 7) is 7.26. The van der Waals surface area contributed by atoms with Gasteiger partial charge in [-0.2, -0.15) is 0 Å². The summed E-state index contributed by atoms with van der Waals surface area (Å²) in [6.07, 6.45) is 3.87. The number of nitrogens with zero attached hydrogens (tertiary/aromatic N) is 2. The molecule has 1 N–H and O–H groups in total. The molecule has 3 heteroatoms. The number of imidazole rings is 1. The van der Waals surface area contributed by atoms with Crippen molar-refractivity contribution in [2.45, 2.75) is 26.8 Å². The van der Waals surface area contributed by atoms with Crippen LogP contribution in [0.4, 0.5) is 5.82 Å². The molecule has 0 saturated heterocycles. The zero-order valence-electron chi connectivity index (χ0n) is 7.33. The third-order valence-corrected chi connectivity index (χ3v) is 1.56. The van der Waals surface area contributed by atoms with E-state index in [2.05, 4.69) is 35.6 Å². The van der Waals surface area contributed by atoms with Crippen molar-refractivity contribution >= 4 is 5.82 Å². The van der Waals surface area contributed by atoms with Crippen LogP contribution < -0.4 is 5.32 Å². The van der Waals surface area contributed by atoms with E-state index in [1.54, 1.807) is 0 Å². The number of anilines is 1. The van der Waals surface area contributed by atoms with Gasteiger partial charge in [0.1, 0.15) is 5.82 Å². The van der Waals surface area contributed by atoms with E-state index in [9.17, 15) is 0 Å². The van der Waals surface area contributed by atoms with Crippen LogP contribution in [0.2, 0.25) is 0 Å². The number of nitrogens with one attached hydrogen (secondary N) is 1. The van der Waals surface area contributed by atoms with Gasteiger partial charge >= 0.3 is 0 Å². The van der Waals surface area contributed by atoms with E-state index >= 15 is 0 Å². The molecule has 0 fully saturated rings. The fourth-order valence-electron chi connectivity index (χ4n) is 0.892. The summed E-state index contributed by atoms with van der Waals surface area (Å²) in [5.41, 5.74) is 0. The highest BCUT2D eigenvalue weighted by Crippen LogP contribution is 2.08. The van der Waals surface area contributed by atoms with Crippen LogP contribution in [0.25, 0.3) is 0 Å². The summed E-state index contributed by atoms with van der Waals surface area (Å²) in [7, 11) is 0. The summed E-state index contributed by atoms with van der Waals surface area (Å²) in [6, 6.07) is 0.495. The first-order valence-corrected chi connectivity index (χ1v) is 4.01. The first kappa shape index (κ1) is 8.11. The van der Waals surface area contributed by atoms with Crippen LogP contribution in [0.15, 0.2) is 12.5 Å². The van der Waals surface area contributed by atoms with E-state index in [-0.39, 0.29) is 0 Å². The van der Waals surface area contributed by atoms with Crippen LogP contribution in [-0.4, -0.2) is 16.1 Å². The van der Waals surface area contributed by atoms with Crippen molar-refractivity contribution in [1.82, 2.24) is 9.55 Å². The molecule has 0 aromatic carbocycles. The van der Waals surface area contributed by atoms with Gasteiger partial charge in [0.2, 0.25) is 0 Å². The van der Waals surface area contributed by atoms with Gasteiger partial charge in [-0.15, -0.1) is 0 Å². The number of hydrogen-bond donors (Lipinski definition) is 1. The SMILES string of the molecule is CCNc1cn(C(C)C)cn1. The smallest absolute Gasteiger partial charge is 0.144 e. The quantitative estimate of drug-likeness (QED) is 0.718. The highest BCUT2D eigenvalue weighted by molar-refractivity contribution is 5.30. The Bertz CT molecular complexity index is 215. The second kappa shape index (κ2) is 3.42. The van der Waals surface area contributed by atoms with Gasteiger partial charge < -0.3 is 9.88 Å². The summed E-state index contributed by atoms with van der Waals surface area (Å²) >= 11 is 0. The van der Waals surface area contributed by atoms with Gasteiger partial charge in [-0.1, -0.05) is 0 Å². The molecule has 11 heavy (non-hydrogen) atoms. The van der Waals surface area contributed by atoms with Crippen LogP contribution in [0.1, 0.15) is 26.8 Å². The molecule has 1 rings (SSSR count). The topological polar surface area (TPSA) is 29.9 Å². The highest BCUT2D eigenvalue weighted by atomic mass is 15.1. The van der Waals surface area contributed by atoms with Crippen LogP contribution >= 0.6 is 0 Å². The highest BCUT2D eigenvalue weighted by Gasteiger charge is 1.98. The van der Waals surface area contributed by atoms with Crippen molar-refractivity contribution in [1.29, 1.82) is 0 Å². The van der Waals surface area contributed by atoms with Crippen LogP contribution in [0, 0.1) is 0 Å². The molecule has 0 saturated carbocycles. The van der Waals surface area contributed by atoms with E-state index < -0.39 is 0 Å². The summed E-state index contributed by atoms with van der Waals surface area (Å²) in [4.78, 5) is 4.18. The van der Waals surface area contributed by atoms with E-state index in [4.69, 9.17) is 0 Å². The normalized spacial score (nSPS) is 10.5. The Kier molecular flexibility index (Phi) is 2.52. The Morgan fingerprint density at radius 1 is 1.64 bits per heavy atom. The van der Waals surface area contributed by atoms with Gasteiger partial charge in [0.25, 0.3) is 0 Å². The molecule has 0 aliphatic carbocycles. The van der Waals surface area contributed by atoms with Gasteiger partial charge in [-0.05, 0) is 20.8 Å². The molecule has 0 amide bonds. The maximum absolute atomic E-state index is 4.18. The zero-order valence-corrected chi connectivity index (χ0v) is 7.33. The molecule has 0 spiro atoms. The van der Waals surface area contributed by atoms with Crippen LogP contribution in [0.5, 0.6) is 0 Å². The minimum atomic E-state index is 0.495. The molecule has 3 nitrogen and oxygen atoms in total. The van der Waals surface area contributed by atoms with Crippen molar-refractivity contribution in [3.05, 3.63) is 12.5 Å². The third-order valence-electron chi connectivity index (χ3n) is 1.56. The predicted octanol–water partition coefficient (Wildman–Crippen LogP) is 1.90. The Balaban J connectivity index is 2.66. The molecular formula is C8H15N3. The van der Waals surface area contributed by atoms with Crippen molar-refractivity contribution in [3.63, 3.8) is 0 Å². The zero-order chi connectivity index (χ0) is 8.27. The second-order valence-electron chi connectivity index (χ2n) is 2.83. The lowest BCUT2D eigenvalue weighted by Crippen LogP contribution is -1.97. The summed E-state index contributed by atoms with van der Waals surface area (Å²) in [5, 5.41) is 3.15. The van der Waals surface area contributed by atoms with Crippen LogP contribution in [0.3, 0.4) is 0 Å². The molecule has 0 bridgehead atoms. The molecule has 62 valence electrons. The lowest BCUT2D eigenvalue weighted by Gasteiger charge is -2.03. The lowest BCUT2D eigenvalue weighted by molar-refractivity contribution is 0.600. The Labute approximate surface area is 67.4 Å². The van der Waals surface area contributed by atoms with Gasteiger partial charge in [0.05, 0.1) is 6.33 Å². The summed E-state index contributed by atoms with van der Waals surface area (Å²) in [5.74, 6) is 0.959. The van der Waals surface area contributed by atoms with Crippen molar-refractivity contribution < 1.29 is 0 Å². The van der Waals surface area contributed by atoms with E-state index in [1.165, 1.54) is 0 Å². The number of hydrogen-bond acceptors (Lipinski definition) is 2. The first-order chi connectivity index (χ1) is 5.24. The molecule has 1 aromatic heterocycles. The fourth-order valence-corrected chi connectivity index (χ4v) is 0.892. The van der Waals surface area contributed by atoms with Crippen molar-refractivity contribution in [2.24, 2.45) is 0 Å². The average Bonchev–Trinajstić information content (AvgIpc) is 2.37. The first-order valence-electron chi connectivity index (χ1n) is 4.01. The summed E-state index contributed by atoms with van der Waals surface area (Å²) < 4.78 is 2.08. The molecule has 0 aliphatic heterocycles. The molecule has 0 unspecified atom stereocenters. The van der Waals surface area contributed by atoms with Gasteiger partial charge in [0, 0.05) is 18.8 Å². The van der Waals surface area contributed by atoms with Gasteiger partial charge in [-0.25, -0.2) is 4.98 Å². The predicted molar refractivity (Wildman–Crippen MR) is 46.8 cm³/mol. The monoisotopic (exact) mass is 153 g/mol. The molecular weight excluding hydrogens is 138 g/mol. The molecule has 1 heterocycles. The molecule has 0 aliphatic rings. The Morgan fingerprint density at radius 3 is 2.82 bits per heavy atom. The second-order valence-corrected chi connectivity index (χ2v) is 2.83. The van der Waals surface area contributed by atoms with Gasteiger partial charge in [-0.3, -0.25) is 0 Å². The number of aromatic nitrogens is 2. The van der Waals surface area contributed by atoms with Gasteiger partial charge in [0.15, 0.2) is 0 Å². The minimum Gasteiger partial charge on any atom is -0.369 e. The van der Waals surface area contributed by atoms with Crippen molar-refractivity contribution in [2.75, 3.05) is 11.9 Å². The minimum absolute atomic E-state index is 0.495. The Hall–Kier alpha value is -0.990. The third kappa shape index (κ3) is 1.97. The van der Waals surface area contributed by atoms with Crippen molar-refractivity contribution in [3.8, 4) is 0 Å². The van der Waals surface area contributed by atoms with E-state index in [1.807, 2.05) is 12.5 Å². The van der Waals surface area contributed by atoms with E-state index in [0.717, 1.165) is 12.4 Å². The molecule has 0 atom stereocenters. The molecule has 1 aromatic rings. The fraction of sp³-hybridized carbons (Fsp3) is 0.625. The lowest BCUT2D eigenvalue weighted by atomic mass is 10.4. The maximum Gasteiger partial charge on any atom is 0.144 e. The molecule has 0 radical (unpaired) electrons. The number of rotatable bonds is 3. The Morgan fingerprint density at radius 2 is 2.36 bits per heavy atom. The van der Waals surface area contributed by atoms with E-state index in [0.29, 0.717) is 6.04 Å². The standard InChI is InChI=1S/C8H15N3/c1-4-9-8-5-11(6-10-8)7(2)3/h5-7,9H,4H2,1-3H3. The largest absolute Gasteiger partial charge is 0.369 e.